The summed E-state index contributed by atoms with van der Waals surface area (Å²) in [7, 11) is 0. The second-order valence-corrected chi connectivity index (χ2v) is 6.66. The minimum absolute atomic E-state index is 0.0481. The molecule has 20 heavy (non-hydrogen) atoms. The second-order valence-electron chi connectivity index (χ2n) is 6.25. The summed E-state index contributed by atoms with van der Waals surface area (Å²) in [6.07, 6.45) is 6.91. The van der Waals surface area contributed by atoms with Crippen LogP contribution < -0.4 is 5.73 Å². The van der Waals surface area contributed by atoms with E-state index in [4.69, 9.17) is 17.3 Å². The van der Waals surface area contributed by atoms with Crippen molar-refractivity contribution in [2.75, 3.05) is 6.54 Å². The third-order valence-corrected chi connectivity index (χ3v) is 4.87. The van der Waals surface area contributed by atoms with Gasteiger partial charge in [-0.1, -0.05) is 43.0 Å². The van der Waals surface area contributed by atoms with E-state index in [0.29, 0.717) is 24.4 Å². The van der Waals surface area contributed by atoms with E-state index in [2.05, 4.69) is 0 Å². The minimum Gasteiger partial charge on any atom is -0.330 e. The molecule has 2 nitrogen and oxygen atoms in total. The predicted molar refractivity (Wildman–Crippen MR) is 84.1 cm³/mol. The fourth-order valence-corrected chi connectivity index (χ4v) is 3.55. The van der Waals surface area contributed by atoms with E-state index in [1.54, 1.807) is 0 Å². The van der Waals surface area contributed by atoms with Gasteiger partial charge < -0.3 is 5.73 Å². The Hall–Kier alpha value is -0.860. The van der Waals surface area contributed by atoms with Crippen molar-refractivity contribution < 1.29 is 4.79 Å². The Kier molecular flexibility index (Phi) is 5.22. The number of hydrogen-bond acceptors (Lipinski definition) is 2. The van der Waals surface area contributed by atoms with Crippen LogP contribution in [0.4, 0.5) is 0 Å². The Morgan fingerprint density at radius 3 is 2.60 bits per heavy atom. The smallest absolute Gasteiger partial charge is 0.137 e. The zero-order valence-electron chi connectivity index (χ0n) is 12.3. The van der Waals surface area contributed by atoms with Crippen LogP contribution in [-0.4, -0.2) is 12.3 Å². The molecule has 0 amide bonds. The van der Waals surface area contributed by atoms with E-state index in [1.165, 1.54) is 19.3 Å². The molecule has 110 valence electrons. The van der Waals surface area contributed by atoms with Crippen molar-refractivity contribution in [3.63, 3.8) is 0 Å². The number of carbonyl (C=O) groups excluding carboxylic acids is 1. The lowest BCUT2D eigenvalue weighted by molar-refractivity contribution is -0.121. The van der Waals surface area contributed by atoms with E-state index in [1.807, 2.05) is 25.1 Å². The molecule has 0 radical (unpaired) electrons. The average Bonchev–Trinajstić information content (AvgIpc) is 2.43. The summed E-state index contributed by atoms with van der Waals surface area (Å²) < 4.78 is 0. The van der Waals surface area contributed by atoms with Gasteiger partial charge >= 0.3 is 0 Å². The van der Waals surface area contributed by atoms with Crippen LogP contribution in [0.2, 0.25) is 5.02 Å². The monoisotopic (exact) mass is 293 g/mol. The Balaban J connectivity index is 2.00. The Labute approximate surface area is 126 Å². The number of ketones is 1. The lowest BCUT2D eigenvalue weighted by Gasteiger charge is -2.35. The highest BCUT2D eigenvalue weighted by molar-refractivity contribution is 6.31. The summed E-state index contributed by atoms with van der Waals surface area (Å²) in [5.41, 5.74) is 8.06. The van der Waals surface area contributed by atoms with Gasteiger partial charge in [0.1, 0.15) is 5.78 Å². The summed E-state index contributed by atoms with van der Waals surface area (Å²) in [6, 6.07) is 5.89. The van der Waals surface area contributed by atoms with Gasteiger partial charge in [-0.25, -0.2) is 0 Å². The highest BCUT2D eigenvalue weighted by Crippen LogP contribution is 2.38. The number of aryl methyl sites for hydroxylation is 1. The highest BCUT2D eigenvalue weighted by atomic mass is 35.5. The maximum absolute atomic E-state index is 12.4. The standard InChI is InChI=1S/C17H24ClNO/c1-13-5-6-14(16(18)9-13)10-15(20)11-17(12-19)7-3-2-4-8-17/h5-6,9H,2-4,7-8,10-12,19H2,1H3. The van der Waals surface area contributed by atoms with Crippen molar-refractivity contribution in [1.82, 2.24) is 0 Å². The quantitative estimate of drug-likeness (QED) is 0.889. The van der Waals surface area contributed by atoms with Crippen molar-refractivity contribution in [3.8, 4) is 0 Å². The van der Waals surface area contributed by atoms with E-state index < -0.39 is 0 Å². The molecule has 1 aromatic carbocycles. The number of rotatable bonds is 5. The number of benzene rings is 1. The van der Waals surface area contributed by atoms with Crippen LogP contribution in [0.5, 0.6) is 0 Å². The van der Waals surface area contributed by atoms with Gasteiger partial charge in [0.05, 0.1) is 0 Å². The third-order valence-electron chi connectivity index (χ3n) is 4.52. The van der Waals surface area contributed by atoms with Crippen LogP contribution >= 0.6 is 11.6 Å². The first-order chi connectivity index (χ1) is 9.54. The number of halogens is 1. The van der Waals surface area contributed by atoms with Gasteiger partial charge in [0.2, 0.25) is 0 Å². The molecular weight excluding hydrogens is 270 g/mol. The molecule has 0 aliphatic heterocycles. The molecule has 2 N–H and O–H groups in total. The van der Waals surface area contributed by atoms with Crippen LogP contribution in [-0.2, 0) is 11.2 Å². The number of nitrogens with two attached hydrogens (primary N) is 1. The summed E-state index contributed by atoms with van der Waals surface area (Å²) >= 11 is 6.21. The zero-order valence-corrected chi connectivity index (χ0v) is 13.0. The molecule has 1 fully saturated rings. The second kappa shape index (κ2) is 6.73. The van der Waals surface area contributed by atoms with Gasteiger partial charge in [-0.2, -0.15) is 0 Å². The lowest BCUT2D eigenvalue weighted by atomic mass is 9.70. The topological polar surface area (TPSA) is 43.1 Å². The molecule has 0 bridgehead atoms. The molecular formula is C17H24ClNO. The fraction of sp³-hybridized carbons (Fsp3) is 0.588. The average molecular weight is 294 g/mol. The molecule has 1 saturated carbocycles. The van der Waals surface area contributed by atoms with Gasteiger partial charge in [-0.3, -0.25) is 4.79 Å². The molecule has 0 unspecified atom stereocenters. The molecule has 3 heteroatoms. The first-order valence-corrected chi connectivity index (χ1v) is 7.89. The Morgan fingerprint density at radius 1 is 1.30 bits per heavy atom. The SMILES string of the molecule is Cc1ccc(CC(=O)CC2(CN)CCCCC2)c(Cl)c1. The van der Waals surface area contributed by atoms with Gasteiger partial charge in [0.15, 0.2) is 0 Å². The molecule has 0 heterocycles. The summed E-state index contributed by atoms with van der Waals surface area (Å²) in [6.45, 7) is 2.63. The molecule has 0 aromatic heterocycles. The Bertz CT molecular complexity index is 478. The molecule has 1 aliphatic carbocycles. The molecule has 0 saturated heterocycles. The summed E-state index contributed by atoms with van der Waals surface area (Å²) in [5, 5.41) is 0.698. The van der Waals surface area contributed by atoms with E-state index in [-0.39, 0.29) is 11.2 Å². The van der Waals surface area contributed by atoms with Crippen LogP contribution in [0.15, 0.2) is 18.2 Å². The maximum Gasteiger partial charge on any atom is 0.137 e. The van der Waals surface area contributed by atoms with Crippen molar-refractivity contribution in [2.45, 2.75) is 51.9 Å². The molecule has 1 aromatic rings. The van der Waals surface area contributed by atoms with Gasteiger partial charge in [0.25, 0.3) is 0 Å². The van der Waals surface area contributed by atoms with Crippen LogP contribution in [0.3, 0.4) is 0 Å². The van der Waals surface area contributed by atoms with Gasteiger partial charge in [-0.15, -0.1) is 0 Å². The van der Waals surface area contributed by atoms with Gasteiger partial charge in [0, 0.05) is 17.9 Å². The predicted octanol–water partition coefficient (Wildman–Crippen LogP) is 4.06. The van der Waals surface area contributed by atoms with E-state index >= 15 is 0 Å². The van der Waals surface area contributed by atoms with Gasteiger partial charge in [-0.05, 0) is 48.9 Å². The van der Waals surface area contributed by atoms with Crippen molar-refractivity contribution >= 4 is 17.4 Å². The maximum atomic E-state index is 12.4. The first kappa shape index (κ1) is 15.5. The van der Waals surface area contributed by atoms with Crippen molar-refractivity contribution in [3.05, 3.63) is 34.3 Å². The molecule has 0 atom stereocenters. The molecule has 1 aliphatic rings. The lowest BCUT2D eigenvalue weighted by Crippen LogP contribution is -2.35. The van der Waals surface area contributed by atoms with Crippen LogP contribution in [0, 0.1) is 12.3 Å². The number of hydrogen-bond donors (Lipinski definition) is 1. The highest BCUT2D eigenvalue weighted by Gasteiger charge is 2.32. The minimum atomic E-state index is 0.0481. The molecule has 2 rings (SSSR count). The first-order valence-electron chi connectivity index (χ1n) is 7.51. The van der Waals surface area contributed by atoms with Crippen molar-refractivity contribution in [2.24, 2.45) is 11.1 Å². The van der Waals surface area contributed by atoms with Crippen LogP contribution in [0.25, 0.3) is 0 Å². The van der Waals surface area contributed by atoms with Crippen LogP contribution in [0.1, 0.15) is 49.7 Å². The third kappa shape index (κ3) is 3.83. The fourth-order valence-electron chi connectivity index (χ4n) is 3.24. The van der Waals surface area contributed by atoms with E-state index in [0.717, 1.165) is 24.0 Å². The largest absolute Gasteiger partial charge is 0.330 e. The number of Topliss-reactive ketones (excluding diaryl/α,β-unsaturated/α-hetero) is 1. The summed E-state index contributed by atoms with van der Waals surface area (Å²) in [4.78, 5) is 12.4. The number of carbonyl (C=O) groups is 1. The van der Waals surface area contributed by atoms with E-state index in [9.17, 15) is 4.79 Å². The molecule has 0 spiro atoms. The Morgan fingerprint density at radius 2 is 2.00 bits per heavy atom. The summed E-state index contributed by atoms with van der Waals surface area (Å²) in [5.74, 6) is 0.267. The van der Waals surface area contributed by atoms with Crippen molar-refractivity contribution in [1.29, 1.82) is 0 Å². The zero-order chi connectivity index (χ0) is 14.6. The normalized spacial score (nSPS) is 17.9.